The highest BCUT2D eigenvalue weighted by molar-refractivity contribution is 7.15. The summed E-state index contributed by atoms with van der Waals surface area (Å²) in [6.45, 7) is 7.06. The number of thiophene rings is 1. The number of benzene rings is 2. The van der Waals surface area contributed by atoms with E-state index in [1.54, 1.807) is 6.92 Å². The third kappa shape index (κ3) is 6.05. The number of rotatable bonds is 10. The molecule has 0 saturated carbocycles. The molecule has 0 unspecified atom stereocenters. The first-order chi connectivity index (χ1) is 15.5. The lowest BCUT2D eigenvalue weighted by molar-refractivity contribution is -0.118. The topological polar surface area (TPSA) is 67.4 Å². The van der Waals surface area contributed by atoms with Gasteiger partial charge in [0.2, 0.25) is 5.91 Å². The van der Waals surface area contributed by atoms with E-state index in [0.717, 1.165) is 29.7 Å². The summed E-state index contributed by atoms with van der Waals surface area (Å²) in [5.41, 5.74) is 2.94. The van der Waals surface area contributed by atoms with Crippen LogP contribution in [-0.2, 0) is 9.53 Å². The maximum absolute atomic E-state index is 13.3. The van der Waals surface area contributed by atoms with Gasteiger partial charge in [0.1, 0.15) is 16.6 Å². The van der Waals surface area contributed by atoms with Gasteiger partial charge in [0.25, 0.3) is 0 Å². The van der Waals surface area contributed by atoms with Crippen molar-refractivity contribution in [3.63, 3.8) is 0 Å². The van der Waals surface area contributed by atoms with Crippen LogP contribution in [0.2, 0.25) is 0 Å². The van der Waals surface area contributed by atoms with Crippen molar-refractivity contribution < 1.29 is 14.3 Å². The van der Waals surface area contributed by atoms with Crippen molar-refractivity contribution in [1.29, 1.82) is 0 Å². The lowest BCUT2D eigenvalue weighted by Gasteiger charge is -2.19. The summed E-state index contributed by atoms with van der Waals surface area (Å²) in [7, 11) is 0. The van der Waals surface area contributed by atoms with Gasteiger partial charge in [0.05, 0.1) is 6.61 Å². The van der Waals surface area contributed by atoms with Gasteiger partial charge in [-0.2, -0.15) is 0 Å². The Morgan fingerprint density at radius 2 is 1.66 bits per heavy atom. The summed E-state index contributed by atoms with van der Waals surface area (Å²) in [5.74, 6) is -0.109. The summed E-state index contributed by atoms with van der Waals surface area (Å²) in [4.78, 5) is 26.2. The number of nitrogens with one attached hydrogen (secondary N) is 2. The molecule has 0 spiro atoms. The molecule has 5 nitrogen and oxygen atoms in total. The molecule has 0 fully saturated rings. The fourth-order valence-corrected chi connectivity index (χ4v) is 4.35. The van der Waals surface area contributed by atoms with E-state index >= 15 is 0 Å². The highest BCUT2D eigenvalue weighted by atomic mass is 32.1. The Hall–Kier alpha value is -2.96. The number of hydrogen-bond donors (Lipinski definition) is 2. The second kappa shape index (κ2) is 11.6. The molecule has 0 radical (unpaired) electrons. The minimum Gasteiger partial charge on any atom is -0.462 e. The van der Waals surface area contributed by atoms with E-state index in [2.05, 4.69) is 24.5 Å². The minimum absolute atomic E-state index is 0.202. The van der Waals surface area contributed by atoms with Crippen LogP contribution in [-0.4, -0.2) is 25.0 Å². The molecule has 2 N–H and O–H groups in total. The molecular formula is C26H30N2O3S. The van der Waals surface area contributed by atoms with Gasteiger partial charge in [-0.15, -0.1) is 11.3 Å². The van der Waals surface area contributed by atoms with Crippen molar-refractivity contribution in [1.82, 2.24) is 5.32 Å². The molecule has 0 saturated heterocycles. The van der Waals surface area contributed by atoms with Crippen LogP contribution in [0.4, 0.5) is 5.00 Å². The lowest BCUT2D eigenvalue weighted by atomic mass is 10.0. The molecule has 1 amide bonds. The second-order valence-corrected chi connectivity index (χ2v) is 8.79. The predicted molar refractivity (Wildman–Crippen MR) is 131 cm³/mol. The molecular weight excluding hydrogens is 420 g/mol. The van der Waals surface area contributed by atoms with Crippen molar-refractivity contribution in [3.05, 3.63) is 77.2 Å². The molecule has 3 rings (SSSR count). The Labute approximate surface area is 193 Å². The lowest BCUT2D eigenvalue weighted by Crippen LogP contribution is -2.34. The first-order valence-corrected chi connectivity index (χ1v) is 11.8. The van der Waals surface area contributed by atoms with Crippen LogP contribution in [0, 0.1) is 5.92 Å². The number of hydrogen-bond acceptors (Lipinski definition) is 5. The van der Waals surface area contributed by atoms with Gasteiger partial charge >= 0.3 is 5.97 Å². The number of carbonyl (C=O) groups is 2. The van der Waals surface area contributed by atoms with Crippen LogP contribution in [0.25, 0.3) is 11.1 Å². The first-order valence-electron chi connectivity index (χ1n) is 10.9. The van der Waals surface area contributed by atoms with Gasteiger partial charge in [0.15, 0.2) is 0 Å². The summed E-state index contributed by atoms with van der Waals surface area (Å²) in [6, 6.07) is 18.8. The summed E-state index contributed by atoms with van der Waals surface area (Å²) in [5, 5.41) is 8.76. The monoisotopic (exact) mass is 450 g/mol. The maximum Gasteiger partial charge on any atom is 0.341 e. The Balaban J connectivity index is 1.90. The van der Waals surface area contributed by atoms with Crippen molar-refractivity contribution in [2.75, 3.05) is 18.5 Å². The number of esters is 1. The Kier molecular flexibility index (Phi) is 8.59. The smallest absolute Gasteiger partial charge is 0.341 e. The van der Waals surface area contributed by atoms with Crippen molar-refractivity contribution in [2.45, 2.75) is 33.2 Å². The average molecular weight is 451 g/mol. The Morgan fingerprint density at radius 3 is 2.28 bits per heavy atom. The number of anilines is 1. The first kappa shape index (κ1) is 23.7. The summed E-state index contributed by atoms with van der Waals surface area (Å²) in [6.07, 6.45) is 0.960. The van der Waals surface area contributed by atoms with E-state index in [0.29, 0.717) is 16.5 Å². The zero-order chi connectivity index (χ0) is 22.9. The van der Waals surface area contributed by atoms with E-state index in [9.17, 15) is 9.59 Å². The van der Waals surface area contributed by atoms with Crippen LogP contribution in [0.3, 0.4) is 0 Å². The van der Waals surface area contributed by atoms with Gasteiger partial charge < -0.3 is 15.4 Å². The van der Waals surface area contributed by atoms with Gasteiger partial charge in [-0.25, -0.2) is 4.79 Å². The van der Waals surface area contributed by atoms with Crippen molar-refractivity contribution >= 4 is 28.2 Å². The fraction of sp³-hybridized carbons (Fsp3) is 0.308. The number of carbonyl (C=O) groups excluding carboxylic acids is 2. The summed E-state index contributed by atoms with van der Waals surface area (Å²) >= 11 is 1.33. The third-order valence-corrected chi connectivity index (χ3v) is 5.95. The van der Waals surface area contributed by atoms with Gasteiger partial charge in [0, 0.05) is 10.9 Å². The highest BCUT2D eigenvalue weighted by Crippen LogP contribution is 2.36. The molecule has 0 bridgehead atoms. The molecule has 1 atom stereocenters. The highest BCUT2D eigenvalue weighted by Gasteiger charge is 2.26. The normalized spacial score (nSPS) is 11.9. The average Bonchev–Trinajstić information content (AvgIpc) is 3.21. The molecule has 0 aliphatic heterocycles. The van der Waals surface area contributed by atoms with E-state index in [4.69, 9.17) is 4.74 Å². The number of ether oxygens (including phenoxy) is 1. The van der Waals surface area contributed by atoms with Crippen molar-refractivity contribution in [3.8, 4) is 11.1 Å². The predicted octanol–water partition coefficient (Wildman–Crippen LogP) is 5.91. The van der Waals surface area contributed by atoms with Crippen molar-refractivity contribution in [2.24, 2.45) is 5.92 Å². The Bertz CT molecular complexity index is 1020. The molecule has 2 aromatic carbocycles. The van der Waals surface area contributed by atoms with Crippen LogP contribution in [0.5, 0.6) is 0 Å². The van der Waals surface area contributed by atoms with E-state index < -0.39 is 12.0 Å². The molecule has 3 aromatic rings. The molecule has 6 heteroatoms. The van der Waals surface area contributed by atoms with E-state index in [1.165, 1.54) is 11.3 Å². The van der Waals surface area contributed by atoms with E-state index in [1.807, 2.05) is 66.0 Å². The van der Waals surface area contributed by atoms with Gasteiger partial charge in [-0.05, 0) is 36.9 Å². The molecule has 1 aromatic heterocycles. The molecule has 1 heterocycles. The van der Waals surface area contributed by atoms with Crippen LogP contribution < -0.4 is 10.6 Å². The molecule has 0 aliphatic rings. The maximum atomic E-state index is 13.3. The molecule has 168 valence electrons. The quantitative estimate of drug-likeness (QED) is 0.377. The minimum atomic E-state index is -0.521. The van der Waals surface area contributed by atoms with E-state index in [-0.39, 0.29) is 12.5 Å². The summed E-state index contributed by atoms with van der Waals surface area (Å²) < 4.78 is 5.31. The standard InChI is InChI=1S/C26H30N2O3S/c1-4-31-26(30)22-21(19-11-7-5-8-12-19)17-32-25(22)28-24(29)23(27-16-15-18(2)3)20-13-9-6-10-14-20/h5-14,17-18,23,27H,4,15-16H2,1-3H3,(H,28,29)/t23-/m1/s1. The zero-order valence-electron chi connectivity index (χ0n) is 18.8. The third-order valence-electron chi connectivity index (χ3n) is 5.06. The number of amides is 1. The molecule has 32 heavy (non-hydrogen) atoms. The second-order valence-electron chi connectivity index (χ2n) is 7.91. The SMILES string of the molecule is CCOC(=O)c1c(-c2ccccc2)csc1NC(=O)[C@H](NCCC(C)C)c1ccccc1. The Morgan fingerprint density at radius 1 is 1.00 bits per heavy atom. The zero-order valence-corrected chi connectivity index (χ0v) is 19.6. The van der Waals surface area contributed by atoms with Crippen LogP contribution in [0.15, 0.2) is 66.0 Å². The fourth-order valence-electron chi connectivity index (χ4n) is 3.39. The van der Waals surface area contributed by atoms with Crippen LogP contribution in [0.1, 0.15) is 49.2 Å². The van der Waals surface area contributed by atoms with Crippen LogP contribution >= 0.6 is 11.3 Å². The molecule has 0 aliphatic carbocycles. The van der Waals surface area contributed by atoms with Gasteiger partial charge in [-0.1, -0.05) is 74.5 Å². The van der Waals surface area contributed by atoms with Gasteiger partial charge in [-0.3, -0.25) is 4.79 Å². The largest absolute Gasteiger partial charge is 0.462 e.